The van der Waals surface area contributed by atoms with Gasteiger partial charge in [-0.1, -0.05) is 6.07 Å². The molecule has 0 bridgehead atoms. The zero-order valence-electron chi connectivity index (χ0n) is 12.0. The van der Waals surface area contributed by atoms with Crippen LogP contribution in [0.2, 0.25) is 0 Å². The molecule has 0 unspecified atom stereocenters. The molecular weight excluding hydrogens is 262 g/mol. The molecule has 1 fully saturated rings. The minimum Gasteiger partial charge on any atom is -0.378 e. The summed E-state index contributed by atoms with van der Waals surface area (Å²) in [4.78, 5) is 6.46. The normalized spacial score (nSPS) is 14.8. The third-order valence-corrected chi connectivity index (χ3v) is 3.71. The molecule has 4 heteroatoms. The van der Waals surface area contributed by atoms with Crippen LogP contribution in [-0.4, -0.2) is 31.3 Å². The van der Waals surface area contributed by atoms with Crippen molar-refractivity contribution >= 4 is 5.69 Å². The van der Waals surface area contributed by atoms with Crippen LogP contribution in [0.15, 0.2) is 36.5 Å². The van der Waals surface area contributed by atoms with Crippen LogP contribution in [-0.2, 0) is 4.74 Å². The van der Waals surface area contributed by atoms with E-state index in [0.717, 1.165) is 48.8 Å². The number of hydrogen-bond donors (Lipinski definition) is 0. The molecule has 2 aromatic rings. The number of nitriles is 1. The molecule has 3 rings (SSSR count). The summed E-state index contributed by atoms with van der Waals surface area (Å²) in [5.74, 6) is 0. The molecule has 0 amide bonds. The Kier molecular flexibility index (Phi) is 3.85. The highest BCUT2D eigenvalue weighted by molar-refractivity contribution is 5.73. The fourth-order valence-electron chi connectivity index (χ4n) is 2.61. The topological polar surface area (TPSA) is 49.1 Å². The van der Waals surface area contributed by atoms with Crippen LogP contribution >= 0.6 is 0 Å². The fourth-order valence-corrected chi connectivity index (χ4v) is 2.61. The number of aryl methyl sites for hydroxylation is 1. The highest BCUT2D eigenvalue weighted by atomic mass is 16.5. The van der Waals surface area contributed by atoms with Gasteiger partial charge in [-0.3, -0.25) is 4.98 Å². The average molecular weight is 279 g/mol. The second-order valence-corrected chi connectivity index (χ2v) is 5.13. The predicted octanol–water partition coefficient (Wildman–Crippen LogP) is 2.77. The first-order valence-electron chi connectivity index (χ1n) is 7.08. The van der Waals surface area contributed by atoms with Crippen LogP contribution in [0.3, 0.4) is 0 Å². The summed E-state index contributed by atoms with van der Waals surface area (Å²) in [7, 11) is 0. The summed E-state index contributed by atoms with van der Waals surface area (Å²) in [6.45, 7) is 5.19. The van der Waals surface area contributed by atoms with E-state index in [9.17, 15) is 5.26 Å². The van der Waals surface area contributed by atoms with E-state index >= 15 is 0 Å². The Morgan fingerprint density at radius 1 is 1.19 bits per heavy atom. The number of benzene rings is 1. The maximum Gasteiger partial charge on any atom is 0.0998 e. The molecule has 0 atom stereocenters. The van der Waals surface area contributed by atoms with Gasteiger partial charge in [-0.25, -0.2) is 0 Å². The molecule has 0 radical (unpaired) electrons. The number of anilines is 1. The van der Waals surface area contributed by atoms with Crippen LogP contribution in [0, 0.1) is 18.3 Å². The number of hydrogen-bond acceptors (Lipinski definition) is 4. The number of rotatable bonds is 2. The van der Waals surface area contributed by atoms with Gasteiger partial charge in [-0.2, -0.15) is 5.26 Å². The van der Waals surface area contributed by atoms with Crippen LogP contribution < -0.4 is 4.90 Å². The first-order chi connectivity index (χ1) is 10.3. The summed E-state index contributed by atoms with van der Waals surface area (Å²) in [5, 5.41) is 9.46. The molecule has 0 saturated carbocycles. The molecular formula is C17H17N3O. The third kappa shape index (κ3) is 2.88. The Morgan fingerprint density at radius 3 is 2.71 bits per heavy atom. The van der Waals surface area contributed by atoms with Gasteiger partial charge < -0.3 is 9.64 Å². The van der Waals surface area contributed by atoms with Crippen LogP contribution in [0.25, 0.3) is 11.1 Å². The maximum absolute atomic E-state index is 9.46. The zero-order chi connectivity index (χ0) is 14.7. The van der Waals surface area contributed by atoms with Gasteiger partial charge in [0.2, 0.25) is 0 Å². The Labute approximate surface area is 124 Å². The SMILES string of the molecule is Cc1cc(-c2ccc(N3CCOCC3)cc2C#N)ccn1. The van der Waals surface area contributed by atoms with E-state index in [-0.39, 0.29) is 0 Å². The molecule has 1 aliphatic heterocycles. The Morgan fingerprint density at radius 2 is 2.00 bits per heavy atom. The van der Waals surface area contributed by atoms with Gasteiger partial charge in [-0.05, 0) is 42.3 Å². The van der Waals surface area contributed by atoms with Gasteiger partial charge in [0.1, 0.15) is 0 Å². The van der Waals surface area contributed by atoms with Gasteiger partial charge in [0.15, 0.2) is 0 Å². The van der Waals surface area contributed by atoms with E-state index in [1.165, 1.54) is 0 Å². The first kappa shape index (κ1) is 13.6. The molecule has 4 nitrogen and oxygen atoms in total. The standard InChI is InChI=1S/C17H17N3O/c1-13-10-14(4-5-19-13)17-3-2-16(11-15(17)12-18)20-6-8-21-9-7-20/h2-5,10-11H,6-9H2,1H3. The van der Waals surface area contributed by atoms with E-state index in [1.807, 2.05) is 31.2 Å². The number of nitrogens with zero attached hydrogens (tertiary/aromatic N) is 3. The highest BCUT2D eigenvalue weighted by Crippen LogP contribution is 2.28. The minimum absolute atomic E-state index is 0.699. The summed E-state index contributed by atoms with van der Waals surface area (Å²) in [6, 6.07) is 12.3. The van der Waals surface area contributed by atoms with Gasteiger partial charge in [0.25, 0.3) is 0 Å². The molecule has 1 saturated heterocycles. The lowest BCUT2D eigenvalue weighted by Gasteiger charge is -2.29. The van der Waals surface area contributed by atoms with Crippen molar-refractivity contribution in [2.45, 2.75) is 6.92 Å². The molecule has 21 heavy (non-hydrogen) atoms. The summed E-state index contributed by atoms with van der Waals surface area (Å²) in [6.07, 6.45) is 1.78. The fraction of sp³-hybridized carbons (Fsp3) is 0.294. The largest absolute Gasteiger partial charge is 0.378 e. The van der Waals surface area contributed by atoms with Crippen molar-refractivity contribution in [3.8, 4) is 17.2 Å². The molecule has 0 N–H and O–H groups in total. The number of morpholine rings is 1. The van der Waals surface area contributed by atoms with Crippen molar-refractivity contribution < 1.29 is 4.74 Å². The molecule has 1 aromatic heterocycles. The summed E-state index contributed by atoms with van der Waals surface area (Å²) >= 11 is 0. The highest BCUT2D eigenvalue weighted by Gasteiger charge is 2.13. The molecule has 0 spiro atoms. The van der Waals surface area contributed by atoms with Gasteiger partial charge in [0.05, 0.1) is 24.8 Å². The number of pyridine rings is 1. The summed E-state index contributed by atoms with van der Waals surface area (Å²) < 4.78 is 5.37. The monoisotopic (exact) mass is 279 g/mol. The second kappa shape index (κ2) is 5.94. The average Bonchev–Trinajstić information content (AvgIpc) is 2.55. The van der Waals surface area contributed by atoms with Crippen molar-refractivity contribution in [1.82, 2.24) is 4.98 Å². The molecule has 0 aliphatic carbocycles. The van der Waals surface area contributed by atoms with E-state index in [2.05, 4.69) is 22.0 Å². The van der Waals surface area contributed by atoms with Crippen molar-refractivity contribution in [3.63, 3.8) is 0 Å². The summed E-state index contributed by atoms with van der Waals surface area (Å²) in [5.41, 5.74) is 4.73. The zero-order valence-corrected chi connectivity index (χ0v) is 12.0. The third-order valence-electron chi connectivity index (χ3n) is 3.71. The number of aromatic nitrogens is 1. The van der Waals surface area contributed by atoms with Gasteiger partial charge >= 0.3 is 0 Å². The predicted molar refractivity (Wildman–Crippen MR) is 82.2 cm³/mol. The van der Waals surface area contributed by atoms with Crippen LogP contribution in [0.4, 0.5) is 5.69 Å². The van der Waals surface area contributed by atoms with E-state index < -0.39 is 0 Å². The molecule has 2 heterocycles. The minimum atomic E-state index is 0.699. The van der Waals surface area contributed by atoms with Crippen molar-refractivity contribution in [2.75, 3.05) is 31.2 Å². The lowest BCUT2D eigenvalue weighted by molar-refractivity contribution is 0.122. The Hall–Kier alpha value is -2.38. The maximum atomic E-state index is 9.46. The van der Waals surface area contributed by atoms with Crippen molar-refractivity contribution in [1.29, 1.82) is 5.26 Å². The van der Waals surface area contributed by atoms with E-state index in [1.54, 1.807) is 6.20 Å². The van der Waals surface area contributed by atoms with Gasteiger partial charge in [-0.15, -0.1) is 0 Å². The lowest BCUT2D eigenvalue weighted by Crippen LogP contribution is -2.36. The lowest BCUT2D eigenvalue weighted by atomic mass is 9.99. The van der Waals surface area contributed by atoms with Crippen molar-refractivity contribution in [3.05, 3.63) is 47.8 Å². The van der Waals surface area contributed by atoms with E-state index in [4.69, 9.17) is 4.74 Å². The van der Waals surface area contributed by atoms with Crippen LogP contribution in [0.5, 0.6) is 0 Å². The molecule has 1 aliphatic rings. The number of ether oxygens (including phenoxy) is 1. The van der Waals surface area contributed by atoms with Crippen molar-refractivity contribution in [2.24, 2.45) is 0 Å². The Balaban J connectivity index is 1.98. The molecule has 1 aromatic carbocycles. The second-order valence-electron chi connectivity index (χ2n) is 5.13. The Bertz CT molecular complexity index is 685. The van der Waals surface area contributed by atoms with E-state index in [0.29, 0.717) is 5.56 Å². The first-order valence-corrected chi connectivity index (χ1v) is 7.08. The smallest absolute Gasteiger partial charge is 0.0998 e. The van der Waals surface area contributed by atoms with Crippen LogP contribution in [0.1, 0.15) is 11.3 Å². The quantitative estimate of drug-likeness (QED) is 0.848. The van der Waals surface area contributed by atoms with Gasteiger partial charge in [0, 0.05) is 30.7 Å². The molecule has 106 valence electrons.